The van der Waals surface area contributed by atoms with E-state index in [0.717, 1.165) is 5.82 Å². The third-order valence-corrected chi connectivity index (χ3v) is 6.57. The lowest BCUT2D eigenvalue weighted by Gasteiger charge is -2.10. The molecule has 0 spiro atoms. The predicted octanol–water partition coefficient (Wildman–Crippen LogP) is 6.82. The maximum absolute atomic E-state index is 12.3. The molecule has 0 fully saturated rings. The summed E-state index contributed by atoms with van der Waals surface area (Å²) in [5, 5.41) is 13.8. The zero-order valence-electron chi connectivity index (χ0n) is 17.4. The molecule has 1 amide bonds. The van der Waals surface area contributed by atoms with E-state index < -0.39 is 0 Å². The molecule has 33 heavy (non-hydrogen) atoms. The van der Waals surface area contributed by atoms with Gasteiger partial charge in [0.25, 0.3) is 0 Å². The van der Waals surface area contributed by atoms with Gasteiger partial charge in [0.05, 0.1) is 27.4 Å². The molecule has 0 bridgehead atoms. The van der Waals surface area contributed by atoms with Gasteiger partial charge in [-0.2, -0.15) is 0 Å². The standard InChI is InChI=1S/C22H20Cl4N4O2S/c1-2-9-30-20(4-3-10-32-19-8-5-14(23)11-18(19)26)28-29-22(30)33-13-21(31)27-15-6-7-16(24)17(25)12-15/h2,5-8,11-12H,1,3-4,9-10,13H2,(H,27,31). The van der Waals surface area contributed by atoms with Crippen molar-refractivity contribution in [3.05, 3.63) is 75.0 Å². The summed E-state index contributed by atoms with van der Waals surface area (Å²) in [6.45, 7) is 4.78. The summed E-state index contributed by atoms with van der Waals surface area (Å²) in [6.07, 6.45) is 3.11. The quantitative estimate of drug-likeness (QED) is 0.162. The van der Waals surface area contributed by atoms with E-state index in [-0.39, 0.29) is 11.7 Å². The number of thioether (sulfide) groups is 1. The zero-order chi connectivity index (χ0) is 23.8. The van der Waals surface area contributed by atoms with Crippen LogP contribution in [0.3, 0.4) is 0 Å². The van der Waals surface area contributed by atoms with Crippen LogP contribution in [0.15, 0.2) is 54.2 Å². The van der Waals surface area contributed by atoms with Crippen LogP contribution < -0.4 is 10.1 Å². The molecule has 0 atom stereocenters. The van der Waals surface area contributed by atoms with Crippen molar-refractivity contribution < 1.29 is 9.53 Å². The number of aromatic nitrogens is 3. The highest BCUT2D eigenvalue weighted by Gasteiger charge is 2.14. The van der Waals surface area contributed by atoms with Crippen molar-refractivity contribution in [2.24, 2.45) is 0 Å². The fourth-order valence-corrected chi connectivity index (χ4v) is 4.36. The number of carbonyl (C=O) groups excluding carboxylic acids is 1. The number of carbonyl (C=O) groups is 1. The number of hydrogen-bond acceptors (Lipinski definition) is 5. The molecule has 174 valence electrons. The molecule has 1 aromatic heterocycles. The van der Waals surface area contributed by atoms with E-state index in [0.29, 0.717) is 62.7 Å². The minimum absolute atomic E-state index is 0.160. The van der Waals surface area contributed by atoms with Gasteiger partial charge in [-0.15, -0.1) is 16.8 Å². The summed E-state index contributed by atoms with van der Waals surface area (Å²) >= 11 is 25.2. The third kappa shape index (κ3) is 7.55. The van der Waals surface area contributed by atoms with Crippen LogP contribution in [0, 0.1) is 0 Å². The van der Waals surface area contributed by atoms with Gasteiger partial charge in [-0.25, -0.2) is 0 Å². The molecule has 3 aromatic rings. The average Bonchev–Trinajstić information content (AvgIpc) is 3.15. The highest BCUT2D eigenvalue weighted by Crippen LogP contribution is 2.28. The molecule has 0 aliphatic rings. The van der Waals surface area contributed by atoms with Crippen LogP contribution in [-0.4, -0.2) is 33.0 Å². The summed E-state index contributed by atoms with van der Waals surface area (Å²) in [4.78, 5) is 12.3. The summed E-state index contributed by atoms with van der Waals surface area (Å²) in [6, 6.07) is 10.0. The molecule has 0 radical (unpaired) electrons. The second kappa shape index (κ2) is 12.5. The first kappa shape index (κ1) is 25.7. The number of ether oxygens (including phenoxy) is 1. The molecule has 3 rings (SSSR count). The molecular weight excluding hydrogens is 526 g/mol. The van der Waals surface area contributed by atoms with Crippen molar-refractivity contribution >= 4 is 69.8 Å². The Morgan fingerprint density at radius 3 is 2.64 bits per heavy atom. The van der Waals surface area contributed by atoms with Crippen molar-refractivity contribution in [3.63, 3.8) is 0 Å². The molecule has 0 aliphatic carbocycles. The molecule has 6 nitrogen and oxygen atoms in total. The van der Waals surface area contributed by atoms with Gasteiger partial charge in [0.15, 0.2) is 5.16 Å². The number of allylic oxidation sites excluding steroid dienone is 1. The summed E-state index contributed by atoms with van der Waals surface area (Å²) < 4.78 is 7.66. The lowest BCUT2D eigenvalue weighted by atomic mass is 10.3. The fourth-order valence-electron chi connectivity index (χ4n) is 2.83. The Morgan fingerprint density at radius 1 is 1.09 bits per heavy atom. The number of aryl methyl sites for hydroxylation is 1. The van der Waals surface area contributed by atoms with Crippen molar-refractivity contribution in [1.29, 1.82) is 0 Å². The van der Waals surface area contributed by atoms with Gasteiger partial charge in [-0.3, -0.25) is 4.79 Å². The van der Waals surface area contributed by atoms with Crippen molar-refractivity contribution in [2.75, 3.05) is 17.7 Å². The van der Waals surface area contributed by atoms with Crippen LogP contribution >= 0.6 is 58.2 Å². The van der Waals surface area contributed by atoms with Crippen LogP contribution in [0.25, 0.3) is 0 Å². The predicted molar refractivity (Wildman–Crippen MR) is 136 cm³/mol. The Bertz CT molecular complexity index is 1140. The molecule has 1 N–H and O–H groups in total. The minimum atomic E-state index is -0.193. The highest BCUT2D eigenvalue weighted by atomic mass is 35.5. The maximum Gasteiger partial charge on any atom is 0.234 e. The zero-order valence-corrected chi connectivity index (χ0v) is 21.2. The number of benzene rings is 2. The Kier molecular flexibility index (Phi) is 9.77. The van der Waals surface area contributed by atoms with Crippen LogP contribution in [-0.2, 0) is 17.8 Å². The number of nitrogens with zero attached hydrogens (tertiary/aromatic N) is 3. The highest BCUT2D eigenvalue weighted by molar-refractivity contribution is 7.99. The fraction of sp³-hybridized carbons (Fsp3) is 0.227. The molecule has 0 aliphatic heterocycles. The number of amides is 1. The average molecular weight is 546 g/mol. The lowest BCUT2D eigenvalue weighted by molar-refractivity contribution is -0.113. The van der Waals surface area contributed by atoms with E-state index in [1.54, 1.807) is 42.5 Å². The van der Waals surface area contributed by atoms with Gasteiger partial charge in [-0.1, -0.05) is 64.2 Å². The Labute approximate surface area is 216 Å². The number of hydrogen-bond donors (Lipinski definition) is 1. The van der Waals surface area contributed by atoms with Gasteiger partial charge < -0.3 is 14.6 Å². The SMILES string of the molecule is C=CCn1c(CCCOc2ccc(Cl)cc2Cl)nnc1SCC(=O)Nc1ccc(Cl)c(Cl)c1. The number of nitrogens with one attached hydrogen (secondary N) is 1. The van der Waals surface area contributed by atoms with Gasteiger partial charge >= 0.3 is 0 Å². The van der Waals surface area contributed by atoms with Crippen LogP contribution in [0.2, 0.25) is 20.1 Å². The third-order valence-electron chi connectivity index (χ3n) is 4.34. The molecular formula is C22H20Cl4N4O2S. The Morgan fingerprint density at radius 2 is 1.91 bits per heavy atom. The van der Waals surface area contributed by atoms with Gasteiger partial charge in [-0.05, 0) is 42.8 Å². The molecule has 0 saturated heterocycles. The lowest BCUT2D eigenvalue weighted by Crippen LogP contribution is -2.15. The molecule has 0 unspecified atom stereocenters. The number of halogens is 4. The first-order valence-electron chi connectivity index (χ1n) is 9.86. The smallest absolute Gasteiger partial charge is 0.234 e. The molecule has 2 aromatic carbocycles. The Balaban J connectivity index is 1.53. The van der Waals surface area contributed by atoms with E-state index in [2.05, 4.69) is 22.1 Å². The second-order valence-electron chi connectivity index (χ2n) is 6.79. The van der Waals surface area contributed by atoms with Gasteiger partial charge in [0.2, 0.25) is 5.91 Å². The number of rotatable bonds is 11. The minimum Gasteiger partial charge on any atom is -0.492 e. The number of anilines is 1. The van der Waals surface area contributed by atoms with E-state index in [1.165, 1.54) is 11.8 Å². The first-order chi connectivity index (χ1) is 15.9. The van der Waals surface area contributed by atoms with Gasteiger partial charge in [0, 0.05) is 23.7 Å². The largest absolute Gasteiger partial charge is 0.492 e. The van der Waals surface area contributed by atoms with Crippen molar-refractivity contribution in [3.8, 4) is 5.75 Å². The summed E-state index contributed by atoms with van der Waals surface area (Å²) in [5.41, 5.74) is 0.573. The van der Waals surface area contributed by atoms with Crippen LogP contribution in [0.5, 0.6) is 5.75 Å². The Hall–Kier alpha value is -1.90. The van der Waals surface area contributed by atoms with E-state index >= 15 is 0 Å². The van der Waals surface area contributed by atoms with E-state index in [1.807, 2.05) is 4.57 Å². The monoisotopic (exact) mass is 544 g/mol. The molecule has 0 saturated carbocycles. The topological polar surface area (TPSA) is 69.0 Å². The molecule has 1 heterocycles. The van der Waals surface area contributed by atoms with Crippen LogP contribution in [0.4, 0.5) is 5.69 Å². The van der Waals surface area contributed by atoms with E-state index in [9.17, 15) is 4.79 Å². The van der Waals surface area contributed by atoms with Crippen LogP contribution in [0.1, 0.15) is 12.2 Å². The van der Waals surface area contributed by atoms with Crippen molar-refractivity contribution in [1.82, 2.24) is 14.8 Å². The van der Waals surface area contributed by atoms with E-state index in [4.69, 9.17) is 51.1 Å². The van der Waals surface area contributed by atoms with Gasteiger partial charge in [0.1, 0.15) is 11.6 Å². The first-order valence-corrected chi connectivity index (χ1v) is 12.4. The second-order valence-corrected chi connectivity index (χ2v) is 9.39. The van der Waals surface area contributed by atoms with Crippen molar-refractivity contribution in [2.45, 2.75) is 24.5 Å². The molecule has 11 heteroatoms. The summed E-state index contributed by atoms with van der Waals surface area (Å²) in [5.74, 6) is 1.33. The summed E-state index contributed by atoms with van der Waals surface area (Å²) in [7, 11) is 0. The normalized spacial score (nSPS) is 10.8. The maximum atomic E-state index is 12.3.